The molecule has 0 aliphatic heterocycles. The second-order valence-electron chi connectivity index (χ2n) is 5.22. The first kappa shape index (κ1) is 16.6. The molecule has 3 aromatic rings. The number of hydrogen-bond donors (Lipinski definition) is 0. The molecule has 3 rings (SSSR count). The summed E-state index contributed by atoms with van der Waals surface area (Å²) in [7, 11) is 0. The normalized spacial score (nSPS) is 11.3. The van der Waals surface area contributed by atoms with Crippen molar-refractivity contribution >= 4 is 11.6 Å². The summed E-state index contributed by atoms with van der Waals surface area (Å²) in [6.45, 7) is 1.31. The molecular weight excluding hydrogens is 328 g/mol. The van der Waals surface area contributed by atoms with Gasteiger partial charge < -0.3 is 4.74 Å². The van der Waals surface area contributed by atoms with Gasteiger partial charge in [0.25, 0.3) is 0 Å². The fourth-order valence-electron chi connectivity index (χ4n) is 2.52. The van der Waals surface area contributed by atoms with Crippen molar-refractivity contribution in [1.82, 2.24) is 9.38 Å². The van der Waals surface area contributed by atoms with Gasteiger partial charge in [-0.15, -0.1) is 0 Å². The number of ether oxygens (including phenoxy) is 1. The molecule has 0 spiro atoms. The molecule has 0 N–H and O–H groups in total. The lowest BCUT2D eigenvalue weighted by molar-refractivity contribution is -0.173. The Hall–Kier alpha value is -3.27. The summed E-state index contributed by atoms with van der Waals surface area (Å²) in [5.74, 6) is -5.50. The van der Waals surface area contributed by atoms with Crippen LogP contribution in [0.4, 0.5) is 8.78 Å². The van der Waals surface area contributed by atoms with Crippen molar-refractivity contribution in [2.75, 3.05) is 6.61 Å². The Morgan fingerprint density at radius 3 is 2.64 bits per heavy atom. The van der Waals surface area contributed by atoms with Crippen LogP contribution in [-0.4, -0.2) is 22.0 Å². The van der Waals surface area contributed by atoms with Crippen molar-refractivity contribution in [2.24, 2.45) is 0 Å². The summed E-state index contributed by atoms with van der Waals surface area (Å²) in [4.78, 5) is 16.1. The molecule has 0 bridgehead atoms. The standard InChI is InChI=1S/C18H13F2N3O2/c1-2-25-17(24)18(19,20)16-15(13-8-6-12(11-21)7-9-13)22-14-5-3-4-10-23(14)16/h3-10H,2H2,1H3. The Kier molecular flexibility index (Phi) is 4.19. The molecule has 0 fully saturated rings. The van der Waals surface area contributed by atoms with Gasteiger partial charge in [0.15, 0.2) is 0 Å². The number of halogens is 2. The molecule has 25 heavy (non-hydrogen) atoms. The Morgan fingerprint density at radius 1 is 1.28 bits per heavy atom. The van der Waals surface area contributed by atoms with Crippen LogP contribution in [0.5, 0.6) is 0 Å². The zero-order valence-corrected chi connectivity index (χ0v) is 13.2. The minimum atomic E-state index is -3.87. The van der Waals surface area contributed by atoms with Crippen molar-refractivity contribution in [1.29, 1.82) is 5.26 Å². The summed E-state index contributed by atoms with van der Waals surface area (Å²) in [6.07, 6.45) is 1.41. The number of nitriles is 1. The van der Waals surface area contributed by atoms with Crippen molar-refractivity contribution in [3.63, 3.8) is 0 Å². The van der Waals surface area contributed by atoms with Crippen LogP contribution >= 0.6 is 0 Å². The average molecular weight is 341 g/mol. The van der Waals surface area contributed by atoms with E-state index in [2.05, 4.69) is 9.72 Å². The third-order valence-corrected chi connectivity index (χ3v) is 3.65. The predicted molar refractivity (Wildman–Crippen MR) is 85.9 cm³/mol. The Balaban J connectivity index is 2.25. The lowest BCUT2D eigenvalue weighted by atomic mass is 10.0. The lowest BCUT2D eigenvalue weighted by Crippen LogP contribution is -2.30. The maximum absolute atomic E-state index is 14.8. The summed E-state index contributed by atoms with van der Waals surface area (Å²) >= 11 is 0. The highest BCUT2D eigenvalue weighted by Crippen LogP contribution is 2.37. The van der Waals surface area contributed by atoms with Gasteiger partial charge in [0.2, 0.25) is 0 Å². The largest absolute Gasteiger partial charge is 0.461 e. The molecular formula is C18H13F2N3O2. The van der Waals surface area contributed by atoms with Gasteiger partial charge in [-0.05, 0) is 31.2 Å². The minimum absolute atomic E-state index is 0.0336. The zero-order chi connectivity index (χ0) is 18.0. The Morgan fingerprint density at radius 2 is 2.00 bits per heavy atom. The number of pyridine rings is 1. The highest BCUT2D eigenvalue weighted by atomic mass is 19.3. The highest BCUT2D eigenvalue weighted by molar-refractivity contribution is 5.83. The fourth-order valence-corrected chi connectivity index (χ4v) is 2.52. The minimum Gasteiger partial charge on any atom is -0.461 e. The smallest absolute Gasteiger partial charge is 0.385 e. The third kappa shape index (κ3) is 2.83. The summed E-state index contributed by atoms with van der Waals surface area (Å²) in [5.41, 5.74) is 0.453. The molecule has 0 aliphatic carbocycles. The number of fused-ring (bicyclic) bond motifs is 1. The van der Waals surface area contributed by atoms with Gasteiger partial charge in [-0.3, -0.25) is 4.40 Å². The van der Waals surface area contributed by atoms with Gasteiger partial charge in [0, 0.05) is 11.8 Å². The summed E-state index contributed by atoms with van der Waals surface area (Å²) in [5, 5.41) is 8.88. The van der Waals surface area contributed by atoms with E-state index in [9.17, 15) is 13.6 Å². The quantitative estimate of drug-likeness (QED) is 0.681. The first-order valence-corrected chi connectivity index (χ1v) is 7.52. The first-order chi connectivity index (χ1) is 12.0. The van der Waals surface area contributed by atoms with E-state index < -0.39 is 17.6 Å². The van der Waals surface area contributed by atoms with Crippen LogP contribution in [0.1, 0.15) is 18.2 Å². The third-order valence-electron chi connectivity index (χ3n) is 3.65. The van der Waals surface area contributed by atoms with E-state index in [0.717, 1.165) is 0 Å². The van der Waals surface area contributed by atoms with Crippen molar-refractivity contribution in [3.05, 3.63) is 59.9 Å². The van der Waals surface area contributed by atoms with Gasteiger partial charge in [0.1, 0.15) is 11.3 Å². The fraction of sp³-hybridized carbons (Fsp3) is 0.167. The molecule has 2 aromatic heterocycles. The SMILES string of the molecule is CCOC(=O)C(F)(F)c1c(-c2ccc(C#N)cc2)nc2ccccn12. The molecule has 5 nitrogen and oxygen atoms in total. The number of carbonyl (C=O) groups excluding carboxylic acids is 1. The molecule has 0 aliphatic rings. The van der Waals surface area contributed by atoms with E-state index in [1.54, 1.807) is 18.2 Å². The number of rotatable bonds is 4. The van der Waals surface area contributed by atoms with E-state index in [1.807, 2.05) is 6.07 Å². The monoisotopic (exact) mass is 341 g/mol. The molecule has 126 valence electrons. The van der Waals surface area contributed by atoms with E-state index in [-0.39, 0.29) is 17.9 Å². The zero-order valence-electron chi connectivity index (χ0n) is 13.2. The maximum Gasteiger partial charge on any atom is 0.385 e. The molecule has 0 amide bonds. The predicted octanol–water partition coefficient (Wildman–Crippen LogP) is 3.53. The molecule has 0 unspecified atom stereocenters. The molecule has 0 saturated carbocycles. The molecule has 0 radical (unpaired) electrons. The topological polar surface area (TPSA) is 67.4 Å². The average Bonchev–Trinajstić information content (AvgIpc) is 3.02. The number of alkyl halides is 2. The maximum atomic E-state index is 14.8. The van der Waals surface area contributed by atoms with Gasteiger partial charge in [-0.25, -0.2) is 9.78 Å². The van der Waals surface area contributed by atoms with Crippen LogP contribution in [0.15, 0.2) is 48.7 Å². The van der Waals surface area contributed by atoms with E-state index in [0.29, 0.717) is 11.1 Å². The molecule has 7 heteroatoms. The van der Waals surface area contributed by atoms with Gasteiger partial charge in [-0.1, -0.05) is 18.2 Å². The van der Waals surface area contributed by atoms with Crippen LogP contribution in [0.3, 0.4) is 0 Å². The Labute approximate surface area is 142 Å². The van der Waals surface area contributed by atoms with Gasteiger partial charge in [0.05, 0.1) is 23.9 Å². The number of hydrogen-bond acceptors (Lipinski definition) is 4. The number of imidazole rings is 1. The van der Waals surface area contributed by atoms with Crippen molar-refractivity contribution in [3.8, 4) is 17.3 Å². The number of aromatic nitrogens is 2. The first-order valence-electron chi connectivity index (χ1n) is 7.52. The molecule has 0 saturated heterocycles. The molecule has 0 atom stereocenters. The van der Waals surface area contributed by atoms with Crippen LogP contribution in [0.2, 0.25) is 0 Å². The Bertz CT molecular complexity index is 972. The van der Waals surface area contributed by atoms with Crippen molar-refractivity contribution < 1.29 is 18.3 Å². The number of nitrogens with zero attached hydrogens (tertiary/aromatic N) is 3. The highest BCUT2D eigenvalue weighted by Gasteiger charge is 2.47. The lowest BCUT2D eigenvalue weighted by Gasteiger charge is -2.16. The van der Waals surface area contributed by atoms with Crippen LogP contribution in [0, 0.1) is 11.3 Å². The number of carbonyl (C=O) groups is 1. The summed E-state index contributed by atoms with van der Waals surface area (Å²) in [6, 6.07) is 12.8. The van der Waals surface area contributed by atoms with Crippen LogP contribution < -0.4 is 0 Å². The van der Waals surface area contributed by atoms with Crippen molar-refractivity contribution in [2.45, 2.75) is 12.8 Å². The second kappa shape index (κ2) is 6.32. The van der Waals surface area contributed by atoms with E-state index in [4.69, 9.17) is 5.26 Å². The molecule has 2 heterocycles. The van der Waals surface area contributed by atoms with Crippen LogP contribution in [-0.2, 0) is 15.5 Å². The van der Waals surface area contributed by atoms with Crippen LogP contribution in [0.25, 0.3) is 16.9 Å². The second-order valence-corrected chi connectivity index (χ2v) is 5.22. The van der Waals surface area contributed by atoms with Gasteiger partial charge >= 0.3 is 11.9 Å². The van der Waals surface area contributed by atoms with E-state index >= 15 is 0 Å². The van der Waals surface area contributed by atoms with E-state index in [1.165, 1.54) is 41.8 Å². The van der Waals surface area contributed by atoms with Gasteiger partial charge in [-0.2, -0.15) is 14.0 Å². The summed E-state index contributed by atoms with van der Waals surface area (Å²) < 4.78 is 35.3. The number of esters is 1. The molecule has 1 aromatic carbocycles. The number of benzene rings is 1.